The number of nitrogens with zero attached hydrogens (tertiary/aromatic N) is 3. The van der Waals surface area contributed by atoms with E-state index in [1.54, 1.807) is 4.52 Å². The Labute approximate surface area is 115 Å². The Balaban J connectivity index is 2.36. The van der Waals surface area contributed by atoms with E-state index in [0.29, 0.717) is 10.7 Å². The molecule has 0 N–H and O–H groups in total. The first-order chi connectivity index (χ1) is 8.66. The molecule has 0 saturated heterocycles. The fourth-order valence-corrected chi connectivity index (χ4v) is 2.96. The van der Waals surface area contributed by atoms with Gasteiger partial charge in [-0.15, -0.1) is 11.3 Å². The Morgan fingerprint density at radius 1 is 1.33 bits per heavy atom. The van der Waals surface area contributed by atoms with Crippen molar-refractivity contribution < 1.29 is 0 Å². The number of aryl methyl sites for hydroxylation is 1. The number of thiazole rings is 1. The molecule has 0 radical (unpaired) electrons. The molecule has 4 nitrogen and oxygen atoms in total. The van der Waals surface area contributed by atoms with Crippen LogP contribution in [0.3, 0.4) is 0 Å². The average molecular weight is 322 g/mol. The molecule has 0 bridgehead atoms. The zero-order valence-electron chi connectivity index (χ0n) is 9.42. The van der Waals surface area contributed by atoms with Crippen LogP contribution in [-0.2, 0) is 0 Å². The highest BCUT2D eigenvalue weighted by atomic mass is 79.9. The third-order valence-corrected chi connectivity index (χ3v) is 4.20. The summed E-state index contributed by atoms with van der Waals surface area (Å²) in [7, 11) is 0. The normalized spacial score (nSPS) is 11.0. The van der Waals surface area contributed by atoms with Gasteiger partial charge in [0.1, 0.15) is 0 Å². The van der Waals surface area contributed by atoms with Crippen molar-refractivity contribution in [3.63, 3.8) is 0 Å². The lowest BCUT2D eigenvalue weighted by molar-refractivity contribution is 0.874. The van der Waals surface area contributed by atoms with Gasteiger partial charge < -0.3 is 0 Å². The maximum Gasteiger partial charge on any atom is 0.300 e. The Hall–Kier alpha value is -1.53. The van der Waals surface area contributed by atoms with Gasteiger partial charge in [0.2, 0.25) is 4.96 Å². The molecule has 0 amide bonds. The Bertz CT molecular complexity index is 793. The quantitative estimate of drug-likeness (QED) is 0.692. The average Bonchev–Trinajstić information content (AvgIpc) is 2.70. The lowest BCUT2D eigenvalue weighted by Gasteiger charge is -2.03. The number of benzene rings is 1. The molecule has 0 unspecified atom stereocenters. The number of aromatic nitrogens is 3. The molecule has 0 atom stereocenters. The van der Waals surface area contributed by atoms with Crippen molar-refractivity contribution in [1.82, 2.24) is 14.6 Å². The minimum absolute atomic E-state index is 0.302. The molecule has 0 saturated carbocycles. The summed E-state index contributed by atoms with van der Waals surface area (Å²) in [5, 5.41) is 6.32. The van der Waals surface area contributed by atoms with Crippen LogP contribution in [-0.4, -0.2) is 14.6 Å². The largest absolute Gasteiger partial charge is 0.300 e. The molecule has 3 rings (SSSR count). The SMILES string of the molecule is Cc1csc2nc(=O)c(-c3ccccc3Br)nn12. The topological polar surface area (TPSA) is 47.3 Å². The lowest BCUT2D eigenvalue weighted by atomic mass is 10.2. The summed E-state index contributed by atoms with van der Waals surface area (Å²) in [6.45, 7) is 1.94. The van der Waals surface area contributed by atoms with Crippen molar-refractivity contribution in [2.45, 2.75) is 6.92 Å². The summed E-state index contributed by atoms with van der Waals surface area (Å²) in [5.74, 6) is 0. The van der Waals surface area contributed by atoms with Gasteiger partial charge in [-0.1, -0.05) is 34.1 Å². The van der Waals surface area contributed by atoms with E-state index in [2.05, 4.69) is 26.0 Å². The van der Waals surface area contributed by atoms with E-state index < -0.39 is 0 Å². The van der Waals surface area contributed by atoms with Crippen molar-refractivity contribution in [3.05, 3.63) is 50.2 Å². The van der Waals surface area contributed by atoms with Gasteiger partial charge in [-0.2, -0.15) is 10.1 Å². The smallest absolute Gasteiger partial charge is 0.265 e. The Morgan fingerprint density at radius 2 is 2.11 bits per heavy atom. The van der Waals surface area contributed by atoms with Crippen molar-refractivity contribution in [2.24, 2.45) is 0 Å². The minimum Gasteiger partial charge on any atom is -0.265 e. The maximum atomic E-state index is 12.0. The summed E-state index contributed by atoms with van der Waals surface area (Å²) in [5.41, 5.74) is 1.79. The molecular weight excluding hydrogens is 314 g/mol. The lowest BCUT2D eigenvalue weighted by Crippen LogP contribution is -2.15. The van der Waals surface area contributed by atoms with Crippen molar-refractivity contribution in [1.29, 1.82) is 0 Å². The van der Waals surface area contributed by atoms with E-state index in [9.17, 15) is 4.79 Å². The summed E-state index contributed by atoms with van der Waals surface area (Å²) < 4.78 is 2.53. The van der Waals surface area contributed by atoms with E-state index >= 15 is 0 Å². The summed E-state index contributed by atoms with van der Waals surface area (Å²) in [6.07, 6.45) is 0. The highest BCUT2D eigenvalue weighted by Crippen LogP contribution is 2.24. The molecule has 0 aliphatic heterocycles. The molecular formula is C12H8BrN3OS. The molecule has 0 aliphatic rings. The van der Waals surface area contributed by atoms with E-state index in [1.807, 2.05) is 36.6 Å². The highest BCUT2D eigenvalue weighted by molar-refractivity contribution is 9.10. The third-order valence-electron chi connectivity index (χ3n) is 2.58. The number of rotatable bonds is 1. The van der Waals surface area contributed by atoms with Gasteiger partial charge in [-0.3, -0.25) is 4.79 Å². The van der Waals surface area contributed by atoms with Crippen LogP contribution in [0.2, 0.25) is 0 Å². The predicted molar refractivity (Wildman–Crippen MR) is 75.0 cm³/mol. The van der Waals surface area contributed by atoms with Gasteiger partial charge in [0.05, 0.1) is 5.69 Å². The van der Waals surface area contributed by atoms with Gasteiger partial charge in [0, 0.05) is 15.4 Å². The fourth-order valence-electron chi connectivity index (χ4n) is 1.69. The molecule has 3 aromatic rings. The van der Waals surface area contributed by atoms with Gasteiger partial charge in [0.15, 0.2) is 5.69 Å². The Kier molecular flexibility index (Phi) is 2.76. The van der Waals surface area contributed by atoms with Crippen LogP contribution in [0.25, 0.3) is 16.2 Å². The summed E-state index contributed by atoms with van der Waals surface area (Å²) in [6, 6.07) is 7.50. The van der Waals surface area contributed by atoms with Crippen LogP contribution in [0.15, 0.2) is 38.9 Å². The van der Waals surface area contributed by atoms with Crippen LogP contribution in [0.1, 0.15) is 5.69 Å². The van der Waals surface area contributed by atoms with E-state index in [4.69, 9.17) is 0 Å². The molecule has 1 aromatic carbocycles. The second-order valence-electron chi connectivity index (χ2n) is 3.82. The first-order valence-electron chi connectivity index (χ1n) is 5.27. The van der Waals surface area contributed by atoms with Crippen LogP contribution in [0.5, 0.6) is 0 Å². The molecule has 2 aromatic heterocycles. The molecule has 0 fully saturated rings. The third kappa shape index (κ3) is 1.77. The second-order valence-corrected chi connectivity index (χ2v) is 5.51. The minimum atomic E-state index is -0.302. The Morgan fingerprint density at radius 3 is 2.89 bits per heavy atom. The molecule has 90 valence electrons. The van der Waals surface area contributed by atoms with Crippen molar-refractivity contribution >= 4 is 32.2 Å². The monoisotopic (exact) mass is 321 g/mol. The van der Waals surface area contributed by atoms with Crippen LogP contribution >= 0.6 is 27.3 Å². The van der Waals surface area contributed by atoms with Crippen molar-refractivity contribution in [3.8, 4) is 11.3 Å². The van der Waals surface area contributed by atoms with E-state index in [1.165, 1.54) is 11.3 Å². The molecule has 0 spiro atoms. The number of hydrogen-bond donors (Lipinski definition) is 0. The first kappa shape index (κ1) is 11.6. The van der Waals surface area contributed by atoms with Crippen LogP contribution in [0, 0.1) is 6.92 Å². The zero-order chi connectivity index (χ0) is 12.7. The van der Waals surface area contributed by atoms with E-state index in [0.717, 1.165) is 15.7 Å². The fraction of sp³-hybridized carbons (Fsp3) is 0.0833. The number of hydrogen-bond acceptors (Lipinski definition) is 4. The van der Waals surface area contributed by atoms with Crippen molar-refractivity contribution in [2.75, 3.05) is 0 Å². The molecule has 6 heteroatoms. The number of fused-ring (bicyclic) bond motifs is 1. The van der Waals surface area contributed by atoms with Gasteiger partial charge in [-0.25, -0.2) is 4.52 Å². The van der Waals surface area contributed by atoms with Crippen LogP contribution < -0.4 is 5.56 Å². The maximum absolute atomic E-state index is 12.0. The van der Waals surface area contributed by atoms with Crippen LogP contribution in [0.4, 0.5) is 0 Å². The summed E-state index contributed by atoms with van der Waals surface area (Å²) in [4.78, 5) is 16.7. The highest BCUT2D eigenvalue weighted by Gasteiger charge is 2.12. The first-order valence-corrected chi connectivity index (χ1v) is 6.94. The molecule has 18 heavy (non-hydrogen) atoms. The zero-order valence-corrected chi connectivity index (χ0v) is 11.8. The summed E-state index contributed by atoms with van der Waals surface area (Å²) >= 11 is 4.84. The predicted octanol–water partition coefficient (Wildman–Crippen LogP) is 2.89. The van der Waals surface area contributed by atoms with E-state index in [-0.39, 0.29) is 5.56 Å². The van der Waals surface area contributed by atoms with Gasteiger partial charge in [0.25, 0.3) is 0 Å². The number of halogens is 1. The van der Waals surface area contributed by atoms with Gasteiger partial charge in [-0.05, 0) is 13.0 Å². The molecule has 0 aliphatic carbocycles. The van der Waals surface area contributed by atoms with Gasteiger partial charge >= 0.3 is 5.56 Å². The molecule has 2 heterocycles. The second kappa shape index (κ2) is 4.29. The standard InChI is InChI=1S/C12H8BrN3OS/c1-7-6-18-12-14-11(17)10(15-16(7)12)8-4-2-3-5-9(8)13/h2-6H,1H3.